The first-order valence-corrected chi connectivity index (χ1v) is 7.86. The van der Waals surface area contributed by atoms with Crippen LogP contribution in [0.3, 0.4) is 0 Å². The van der Waals surface area contributed by atoms with Gasteiger partial charge in [0, 0.05) is 4.88 Å². The van der Waals surface area contributed by atoms with Crippen molar-refractivity contribution >= 4 is 38.2 Å². The molecule has 0 saturated heterocycles. The third kappa shape index (κ3) is 2.76. The number of fused-ring (bicyclic) bond motifs is 1. The van der Waals surface area contributed by atoms with Crippen LogP contribution in [0, 0.1) is 11.3 Å². The Bertz CT molecular complexity index is 502. The second kappa shape index (κ2) is 5.85. The van der Waals surface area contributed by atoms with Gasteiger partial charge in [0.15, 0.2) is 0 Å². The van der Waals surface area contributed by atoms with E-state index >= 15 is 0 Å². The van der Waals surface area contributed by atoms with E-state index in [1.54, 1.807) is 18.3 Å². The van der Waals surface area contributed by atoms with Crippen LogP contribution in [-0.2, 0) is 17.6 Å². The Hall–Kier alpha value is -0.860. The molecule has 1 aromatic rings. The number of hydrogen-bond donors (Lipinski definition) is 1. The maximum Gasteiger partial charge on any atom is 0.238 e. The predicted octanol–water partition coefficient (Wildman–Crippen LogP) is 3.61. The molecule has 0 saturated carbocycles. The van der Waals surface area contributed by atoms with E-state index in [-0.39, 0.29) is 10.7 Å². The summed E-state index contributed by atoms with van der Waals surface area (Å²) in [4.78, 5) is 12.7. The number of halogens is 1. The SMILES string of the molecule is C[C@H](Br)C(=O)Nc1sc2c(c1C#N)CCCCC2. The molecule has 18 heavy (non-hydrogen) atoms. The Morgan fingerprint density at radius 3 is 2.83 bits per heavy atom. The van der Waals surface area contributed by atoms with Gasteiger partial charge in [-0.1, -0.05) is 22.4 Å². The van der Waals surface area contributed by atoms with Crippen LogP contribution in [0.5, 0.6) is 0 Å². The monoisotopic (exact) mass is 326 g/mol. The number of amides is 1. The molecule has 1 atom stereocenters. The summed E-state index contributed by atoms with van der Waals surface area (Å²) in [5.74, 6) is -0.0945. The Balaban J connectivity index is 2.32. The molecule has 5 heteroatoms. The van der Waals surface area contributed by atoms with Crippen molar-refractivity contribution in [3.8, 4) is 6.07 Å². The van der Waals surface area contributed by atoms with Gasteiger partial charge in [-0.3, -0.25) is 4.79 Å². The molecule has 0 radical (unpaired) electrons. The zero-order valence-electron chi connectivity index (χ0n) is 10.3. The van der Waals surface area contributed by atoms with Crippen molar-refractivity contribution in [2.24, 2.45) is 0 Å². The lowest BCUT2D eigenvalue weighted by atomic mass is 10.1. The molecule has 0 spiro atoms. The van der Waals surface area contributed by atoms with Gasteiger partial charge >= 0.3 is 0 Å². The van der Waals surface area contributed by atoms with Gasteiger partial charge in [-0.15, -0.1) is 11.3 Å². The van der Waals surface area contributed by atoms with Crippen molar-refractivity contribution in [3.05, 3.63) is 16.0 Å². The largest absolute Gasteiger partial charge is 0.316 e. The van der Waals surface area contributed by atoms with Gasteiger partial charge in [-0.05, 0) is 38.2 Å². The van der Waals surface area contributed by atoms with Gasteiger partial charge in [-0.25, -0.2) is 0 Å². The first-order valence-electron chi connectivity index (χ1n) is 6.13. The molecule has 1 heterocycles. The van der Waals surface area contributed by atoms with Crippen molar-refractivity contribution in [1.82, 2.24) is 0 Å². The quantitative estimate of drug-likeness (QED) is 0.666. The average molecular weight is 327 g/mol. The molecule has 3 nitrogen and oxygen atoms in total. The Labute approximate surface area is 119 Å². The van der Waals surface area contributed by atoms with Crippen LogP contribution in [0.2, 0.25) is 0 Å². The van der Waals surface area contributed by atoms with Crippen molar-refractivity contribution in [2.75, 3.05) is 5.32 Å². The predicted molar refractivity (Wildman–Crippen MR) is 77.3 cm³/mol. The molecule has 0 aliphatic heterocycles. The van der Waals surface area contributed by atoms with E-state index in [0.717, 1.165) is 29.8 Å². The topological polar surface area (TPSA) is 52.9 Å². The fourth-order valence-electron chi connectivity index (χ4n) is 2.16. The van der Waals surface area contributed by atoms with Gasteiger partial charge in [0.25, 0.3) is 0 Å². The number of aryl methyl sites for hydroxylation is 1. The van der Waals surface area contributed by atoms with E-state index in [1.807, 2.05) is 0 Å². The first kappa shape index (κ1) is 13.6. The number of carbonyl (C=O) groups excluding carboxylic acids is 1. The second-order valence-corrected chi connectivity index (χ2v) is 6.96. The Kier molecular flexibility index (Phi) is 4.41. The molecule has 1 aliphatic rings. The molecule has 1 aliphatic carbocycles. The number of nitriles is 1. The number of nitrogens with zero attached hydrogens (tertiary/aromatic N) is 1. The summed E-state index contributed by atoms with van der Waals surface area (Å²) in [6.07, 6.45) is 5.55. The third-order valence-corrected chi connectivity index (χ3v) is 4.75. The minimum absolute atomic E-state index is 0.0945. The van der Waals surface area contributed by atoms with Crippen LogP contribution < -0.4 is 5.32 Å². The highest BCUT2D eigenvalue weighted by molar-refractivity contribution is 9.10. The van der Waals surface area contributed by atoms with Crippen molar-refractivity contribution in [1.29, 1.82) is 5.26 Å². The average Bonchev–Trinajstić information content (AvgIpc) is 2.50. The molecule has 0 aromatic carbocycles. The number of rotatable bonds is 2. The minimum Gasteiger partial charge on any atom is -0.316 e. The van der Waals surface area contributed by atoms with Crippen molar-refractivity contribution in [2.45, 2.75) is 43.9 Å². The summed E-state index contributed by atoms with van der Waals surface area (Å²) in [6.45, 7) is 1.78. The lowest BCUT2D eigenvalue weighted by Gasteiger charge is -2.05. The molecule has 1 N–H and O–H groups in total. The van der Waals surface area contributed by atoms with Crippen LogP contribution in [0.25, 0.3) is 0 Å². The maximum absolute atomic E-state index is 11.7. The van der Waals surface area contributed by atoms with Crippen molar-refractivity contribution in [3.63, 3.8) is 0 Å². The molecular formula is C13H15BrN2OS. The molecule has 0 unspecified atom stereocenters. The van der Waals surface area contributed by atoms with E-state index in [9.17, 15) is 10.1 Å². The van der Waals surface area contributed by atoms with Crippen molar-refractivity contribution < 1.29 is 4.79 Å². The van der Waals surface area contributed by atoms with Gasteiger partial charge in [0.1, 0.15) is 11.1 Å². The summed E-state index contributed by atoms with van der Waals surface area (Å²) in [6, 6.07) is 2.26. The lowest BCUT2D eigenvalue weighted by Crippen LogP contribution is -2.19. The highest BCUT2D eigenvalue weighted by atomic mass is 79.9. The molecule has 1 amide bonds. The van der Waals surface area contributed by atoms with Crippen LogP contribution in [0.1, 0.15) is 42.2 Å². The molecule has 96 valence electrons. The first-order chi connectivity index (χ1) is 8.63. The number of anilines is 1. The Morgan fingerprint density at radius 2 is 2.17 bits per heavy atom. The van der Waals surface area contributed by atoms with Gasteiger partial charge in [0.2, 0.25) is 5.91 Å². The van der Waals surface area contributed by atoms with E-state index in [1.165, 1.54) is 17.7 Å². The highest BCUT2D eigenvalue weighted by Crippen LogP contribution is 2.37. The lowest BCUT2D eigenvalue weighted by molar-refractivity contribution is -0.115. The van der Waals surface area contributed by atoms with Crippen LogP contribution in [0.4, 0.5) is 5.00 Å². The van der Waals surface area contributed by atoms with Gasteiger partial charge < -0.3 is 5.32 Å². The van der Waals surface area contributed by atoms with E-state index in [2.05, 4.69) is 27.3 Å². The third-order valence-electron chi connectivity index (χ3n) is 3.13. The van der Waals surface area contributed by atoms with E-state index in [4.69, 9.17) is 0 Å². The second-order valence-electron chi connectivity index (χ2n) is 4.49. The summed E-state index contributed by atoms with van der Waals surface area (Å²) in [5, 5.41) is 12.9. The fourth-order valence-corrected chi connectivity index (χ4v) is 3.52. The summed E-state index contributed by atoms with van der Waals surface area (Å²) >= 11 is 4.81. The highest BCUT2D eigenvalue weighted by Gasteiger charge is 2.21. The summed E-state index contributed by atoms with van der Waals surface area (Å²) in [5.41, 5.74) is 1.84. The number of alkyl halides is 1. The molecular weight excluding hydrogens is 312 g/mol. The minimum atomic E-state index is -0.244. The van der Waals surface area contributed by atoms with E-state index < -0.39 is 0 Å². The number of hydrogen-bond acceptors (Lipinski definition) is 3. The number of carbonyl (C=O) groups is 1. The smallest absolute Gasteiger partial charge is 0.238 e. The van der Waals surface area contributed by atoms with Gasteiger partial charge in [-0.2, -0.15) is 5.26 Å². The van der Waals surface area contributed by atoms with Gasteiger partial charge in [0.05, 0.1) is 10.4 Å². The molecule has 0 fully saturated rings. The molecule has 1 aromatic heterocycles. The Morgan fingerprint density at radius 1 is 1.44 bits per heavy atom. The number of thiophene rings is 1. The summed E-state index contributed by atoms with van der Waals surface area (Å²) in [7, 11) is 0. The normalized spacial score (nSPS) is 16.3. The molecule has 2 rings (SSSR count). The van der Waals surface area contributed by atoms with Crippen LogP contribution in [0.15, 0.2) is 0 Å². The summed E-state index contributed by atoms with van der Waals surface area (Å²) < 4.78 is 0. The number of nitrogens with one attached hydrogen (secondary N) is 1. The zero-order chi connectivity index (χ0) is 13.1. The standard InChI is InChI=1S/C13H15BrN2OS/c1-8(14)12(17)16-13-10(7-15)9-5-3-2-4-6-11(9)18-13/h8H,2-6H2,1H3,(H,16,17)/t8-/m0/s1. The zero-order valence-corrected chi connectivity index (χ0v) is 12.7. The van der Waals surface area contributed by atoms with E-state index in [0.29, 0.717) is 5.56 Å². The fraction of sp³-hybridized carbons (Fsp3) is 0.538. The molecule has 0 bridgehead atoms. The van der Waals surface area contributed by atoms with Crippen LogP contribution >= 0.6 is 27.3 Å². The maximum atomic E-state index is 11.7. The van der Waals surface area contributed by atoms with Crippen LogP contribution in [-0.4, -0.2) is 10.7 Å².